The monoisotopic (exact) mass is 282 g/mol. The molecule has 4 nitrogen and oxygen atoms in total. The van der Waals surface area contributed by atoms with Crippen LogP contribution in [0.5, 0.6) is 0 Å². The molecule has 1 saturated heterocycles. The topological polar surface area (TPSA) is 50.4 Å². The fourth-order valence-corrected chi connectivity index (χ4v) is 2.94. The van der Waals surface area contributed by atoms with Crippen molar-refractivity contribution in [2.75, 3.05) is 19.7 Å². The van der Waals surface area contributed by atoms with Gasteiger partial charge in [0.1, 0.15) is 0 Å². The van der Waals surface area contributed by atoms with Crippen LogP contribution in [0, 0.1) is 0 Å². The van der Waals surface area contributed by atoms with E-state index in [9.17, 15) is 4.79 Å². The molecule has 1 amide bonds. The summed E-state index contributed by atoms with van der Waals surface area (Å²) in [5.41, 5.74) is 0. The van der Waals surface area contributed by atoms with Gasteiger partial charge in [-0.25, -0.2) is 0 Å². The molecule has 0 aromatic carbocycles. The molecule has 0 spiro atoms. The van der Waals surface area contributed by atoms with Gasteiger partial charge >= 0.3 is 0 Å². The summed E-state index contributed by atoms with van der Waals surface area (Å²) in [6.45, 7) is 4.57. The molecule has 19 heavy (non-hydrogen) atoms. The van der Waals surface area contributed by atoms with E-state index in [-0.39, 0.29) is 11.9 Å². The van der Waals surface area contributed by atoms with Crippen LogP contribution in [0.2, 0.25) is 0 Å². The molecule has 1 aromatic rings. The molecule has 1 aliphatic heterocycles. The average Bonchev–Trinajstić information content (AvgIpc) is 2.94. The molecule has 0 radical (unpaired) electrons. The van der Waals surface area contributed by atoms with E-state index in [2.05, 4.69) is 10.6 Å². The predicted octanol–water partition coefficient (Wildman–Crippen LogP) is 2.08. The molecule has 0 bridgehead atoms. The van der Waals surface area contributed by atoms with Crippen molar-refractivity contribution >= 4 is 17.2 Å². The minimum Gasteiger partial charge on any atom is -0.378 e. The number of hydrogen-bond donors (Lipinski definition) is 2. The molecule has 2 rings (SSSR count). The highest BCUT2D eigenvalue weighted by Gasteiger charge is 2.14. The summed E-state index contributed by atoms with van der Waals surface area (Å²) in [4.78, 5) is 13.0. The highest BCUT2D eigenvalue weighted by atomic mass is 32.1. The van der Waals surface area contributed by atoms with Crippen molar-refractivity contribution in [2.24, 2.45) is 0 Å². The largest absolute Gasteiger partial charge is 0.378 e. The van der Waals surface area contributed by atoms with Crippen LogP contribution in [-0.2, 0) is 9.53 Å². The number of carbonyl (C=O) groups excluding carboxylic acids is 1. The van der Waals surface area contributed by atoms with E-state index < -0.39 is 0 Å². The van der Waals surface area contributed by atoms with Crippen LogP contribution in [0.25, 0.3) is 0 Å². The maximum absolute atomic E-state index is 11.8. The number of thiophene rings is 1. The summed E-state index contributed by atoms with van der Waals surface area (Å²) >= 11 is 1.67. The standard InChI is InChI=1S/C14H22N2O2S/c1-11(13-3-2-10-19-13)16-14(17)6-9-18-12-4-7-15-8-5-12/h2-3,10-12,15H,4-9H2,1H3,(H,16,17). The van der Waals surface area contributed by atoms with Gasteiger partial charge in [-0.1, -0.05) is 6.07 Å². The minimum atomic E-state index is 0.0647. The maximum atomic E-state index is 11.8. The van der Waals surface area contributed by atoms with Crippen LogP contribution in [0.1, 0.15) is 37.1 Å². The van der Waals surface area contributed by atoms with Gasteiger partial charge < -0.3 is 15.4 Å². The Hall–Kier alpha value is -0.910. The van der Waals surface area contributed by atoms with Crippen molar-refractivity contribution in [3.05, 3.63) is 22.4 Å². The summed E-state index contributed by atoms with van der Waals surface area (Å²) in [5, 5.41) is 8.32. The molecular weight excluding hydrogens is 260 g/mol. The van der Waals surface area contributed by atoms with Crippen LogP contribution in [0.3, 0.4) is 0 Å². The quantitative estimate of drug-likeness (QED) is 0.840. The Morgan fingerprint density at radius 3 is 3.05 bits per heavy atom. The van der Waals surface area contributed by atoms with E-state index in [1.54, 1.807) is 11.3 Å². The van der Waals surface area contributed by atoms with Gasteiger partial charge in [0.15, 0.2) is 0 Å². The van der Waals surface area contributed by atoms with Crippen molar-refractivity contribution in [2.45, 2.75) is 38.3 Å². The molecule has 1 fully saturated rings. The smallest absolute Gasteiger partial charge is 0.222 e. The summed E-state index contributed by atoms with van der Waals surface area (Å²) in [5.74, 6) is 0.0647. The first-order valence-corrected chi connectivity index (χ1v) is 7.79. The summed E-state index contributed by atoms with van der Waals surface area (Å²) < 4.78 is 5.73. The number of amides is 1. The third kappa shape index (κ3) is 4.93. The zero-order valence-electron chi connectivity index (χ0n) is 11.4. The number of rotatable bonds is 6. The molecule has 1 aromatic heterocycles. The number of nitrogens with one attached hydrogen (secondary N) is 2. The molecule has 2 heterocycles. The Balaban J connectivity index is 1.61. The molecule has 1 aliphatic rings. The number of hydrogen-bond acceptors (Lipinski definition) is 4. The van der Waals surface area contributed by atoms with Crippen LogP contribution in [0.15, 0.2) is 17.5 Å². The number of carbonyl (C=O) groups is 1. The molecule has 2 N–H and O–H groups in total. The fourth-order valence-electron chi connectivity index (χ4n) is 2.20. The Labute approximate surface area is 118 Å². The van der Waals surface area contributed by atoms with Crippen molar-refractivity contribution in [3.8, 4) is 0 Å². The molecule has 1 unspecified atom stereocenters. The highest BCUT2D eigenvalue weighted by Crippen LogP contribution is 2.18. The van der Waals surface area contributed by atoms with Gasteiger partial charge in [-0.3, -0.25) is 4.79 Å². The van der Waals surface area contributed by atoms with Gasteiger partial charge in [-0.05, 0) is 44.3 Å². The first kappa shape index (κ1) is 14.5. The Morgan fingerprint density at radius 1 is 1.58 bits per heavy atom. The second-order valence-corrected chi connectivity index (χ2v) is 5.85. The van der Waals surface area contributed by atoms with Gasteiger partial charge in [0.25, 0.3) is 0 Å². The lowest BCUT2D eigenvalue weighted by molar-refractivity contribution is -0.123. The normalized spacial score (nSPS) is 18.2. The van der Waals surface area contributed by atoms with E-state index in [1.165, 1.54) is 4.88 Å². The second-order valence-electron chi connectivity index (χ2n) is 4.87. The lowest BCUT2D eigenvalue weighted by atomic mass is 10.1. The molecule has 5 heteroatoms. The summed E-state index contributed by atoms with van der Waals surface area (Å²) in [7, 11) is 0. The van der Waals surface area contributed by atoms with Crippen LogP contribution in [-0.4, -0.2) is 31.7 Å². The van der Waals surface area contributed by atoms with E-state index in [1.807, 2.05) is 24.4 Å². The van der Waals surface area contributed by atoms with Gasteiger partial charge in [0.2, 0.25) is 5.91 Å². The number of piperidine rings is 1. The average molecular weight is 282 g/mol. The third-order valence-corrected chi connectivity index (χ3v) is 4.37. The Bertz CT molecular complexity index is 375. The molecule has 106 valence electrons. The Morgan fingerprint density at radius 2 is 2.37 bits per heavy atom. The highest BCUT2D eigenvalue weighted by molar-refractivity contribution is 7.10. The zero-order chi connectivity index (χ0) is 13.5. The lowest BCUT2D eigenvalue weighted by Gasteiger charge is -2.23. The minimum absolute atomic E-state index is 0.0647. The van der Waals surface area contributed by atoms with Gasteiger partial charge in [0.05, 0.1) is 18.8 Å². The summed E-state index contributed by atoms with van der Waals surface area (Å²) in [6.07, 6.45) is 2.86. The predicted molar refractivity (Wildman–Crippen MR) is 77.3 cm³/mol. The fraction of sp³-hybridized carbons (Fsp3) is 0.643. The molecule has 1 atom stereocenters. The van der Waals surface area contributed by atoms with Crippen LogP contribution in [0.4, 0.5) is 0 Å². The first-order chi connectivity index (χ1) is 9.25. The van der Waals surface area contributed by atoms with E-state index in [4.69, 9.17) is 4.74 Å². The Kier molecular flexibility index (Phi) is 5.82. The first-order valence-electron chi connectivity index (χ1n) is 6.91. The molecule has 0 saturated carbocycles. The molecular formula is C14H22N2O2S. The second kappa shape index (κ2) is 7.62. The lowest BCUT2D eigenvalue weighted by Crippen LogP contribution is -2.33. The number of ether oxygens (including phenoxy) is 1. The molecule has 0 aliphatic carbocycles. The van der Waals surface area contributed by atoms with Crippen molar-refractivity contribution in [3.63, 3.8) is 0 Å². The summed E-state index contributed by atoms with van der Waals surface area (Å²) in [6, 6.07) is 4.13. The third-order valence-electron chi connectivity index (χ3n) is 3.32. The zero-order valence-corrected chi connectivity index (χ0v) is 12.2. The van der Waals surface area contributed by atoms with Gasteiger partial charge in [-0.2, -0.15) is 0 Å². The maximum Gasteiger partial charge on any atom is 0.222 e. The van der Waals surface area contributed by atoms with Gasteiger partial charge in [-0.15, -0.1) is 11.3 Å². The van der Waals surface area contributed by atoms with Crippen molar-refractivity contribution in [1.29, 1.82) is 0 Å². The SMILES string of the molecule is CC(NC(=O)CCOC1CCNCC1)c1cccs1. The van der Waals surface area contributed by atoms with E-state index in [0.29, 0.717) is 19.1 Å². The van der Waals surface area contributed by atoms with E-state index in [0.717, 1.165) is 25.9 Å². The van der Waals surface area contributed by atoms with Crippen LogP contribution >= 0.6 is 11.3 Å². The van der Waals surface area contributed by atoms with Crippen molar-refractivity contribution < 1.29 is 9.53 Å². The van der Waals surface area contributed by atoms with Crippen molar-refractivity contribution in [1.82, 2.24) is 10.6 Å². The van der Waals surface area contributed by atoms with Gasteiger partial charge in [0, 0.05) is 11.3 Å². The van der Waals surface area contributed by atoms with Crippen LogP contribution < -0.4 is 10.6 Å². The van der Waals surface area contributed by atoms with E-state index >= 15 is 0 Å².